The molecular formula is C23H11Cl2N3O5. The van der Waals surface area contributed by atoms with E-state index in [1.165, 1.54) is 24.3 Å². The average molecular weight is 480 g/mol. The van der Waals surface area contributed by atoms with Crippen LogP contribution in [0, 0.1) is 0 Å². The highest BCUT2D eigenvalue weighted by molar-refractivity contribution is 6.31. The van der Waals surface area contributed by atoms with Gasteiger partial charge in [-0.1, -0.05) is 12.1 Å². The summed E-state index contributed by atoms with van der Waals surface area (Å²) in [6.45, 7) is 0. The van der Waals surface area contributed by atoms with Crippen molar-refractivity contribution in [1.82, 2.24) is 15.0 Å². The summed E-state index contributed by atoms with van der Waals surface area (Å²) in [5, 5.41) is 19.9. The number of halogens is 2. The molecule has 0 amide bonds. The summed E-state index contributed by atoms with van der Waals surface area (Å²) >= 11 is 11.8. The maximum atomic E-state index is 13.1. The first-order chi connectivity index (χ1) is 15.8. The Bertz CT molecular complexity index is 1440. The third-order valence-electron chi connectivity index (χ3n) is 5.61. The molecule has 8 nitrogen and oxygen atoms in total. The van der Waals surface area contributed by atoms with Gasteiger partial charge in [0.25, 0.3) is 0 Å². The van der Waals surface area contributed by atoms with Crippen LogP contribution in [0.2, 0.25) is 10.6 Å². The van der Waals surface area contributed by atoms with Crippen molar-refractivity contribution in [3.8, 4) is 34.4 Å². The first-order valence-corrected chi connectivity index (χ1v) is 10.4. The molecule has 10 heteroatoms. The lowest BCUT2D eigenvalue weighted by Gasteiger charge is -2.36. The summed E-state index contributed by atoms with van der Waals surface area (Å²) in [5.74, 6) is 0.201. The molecule has 0 saturated carbocycles. The topological polar surface area (TPSA) is 115 Å². The van der Waals surface area contributed by atoms with Gasteiger partial charge >= 0.3 is 5.97 Å². The molecule has 2 N–H and O–H groups in total. The fraction of sp³-hybridized carbons (Fsp3) is 0.0435. The zero-order chi connectivity index (χ0) is 22.9. The summed E-state index contributed by atoms with van der Waals surface area (Å²) in [4.78, 5) is 25.0. The van der Waals surface area contributed by atoms with Gasteiger partial charge in [0.05, 0.1) is 5.56 Å². The van der Waals surface area contributed by atoms with Crippen LogP contribution in [0.5, 0.6) is 23.0 Å². The molecule has 3 aromatic carbocycles. The Morgan fingerprint density at radius 2 is 1.33 bits per heavy atom. The summed E-state index contributed by atoms with van der Waals surface area (Å²) in [6, 6.07) is 14.2. The molecule has 6 rings (SSSR count). The lowest BCUT2D eigenvalue weighted by atomic mass is 9.77. The van der Waals surface area contributed by atoms with Crippen molar-refractivity contribution in [1.29, 1.82) is 0 Å². The van der Waals surface area contributed by atoms with Gasteiger partial charge in [0, 0.05) is 34.4 Å². The van der Waals surface area contributed by atoms with Crippen LogP contribution in [0.15, 0.2) is 54.6 Å². The summed E-state index contributed by atoms with van der Waals surface area (Å²) in [5.41, 5.74) is 1.07. The van der Waals surface area contributed by atoms with Crippen LogP contribution in [0.1, 0.15) is 27.0 Å². The molecule has 0 fully saturated rings. The Morgan fingerprint density at radius 3 is 1.94 bits per heavy atom. The second-order valence-corrected chi connectivity index (χ2v) is 8.17. The average Bonchev–Trinajstić information content (AvgIpc) is 3.05. The second-order valence-electron chi connectivity index (χ2n) is 7.49. The van der Waals surface area contributed by atoms with E-state index in [0.717, 1.165) is 0 Å². The number of phenols is 2. The minimum Gasteiger partial charge on any atom is -0.508 e. The van der Waals surface area contributed by atoms with E-state index in [1.54, 1.807) is 30.3 Å². The molecule has 0 atom stereocenters. The molecule has 3 heterocycles. The first-order valence-electron chi connectivity index (χ1n) is 9.65. The van der Waals surface area contributed by atoms with E-state index >= 15 is 0 Å². The maximum absolute atomic E-state index is 13.1. The zero-order valence-corrected chi connectivity index (χ0v) is 17.9. The van der Waals surface area contributed by atoms with E-state index in [9.17, 15) is 15.0 Å². The summed E-state index contributed by atoms with van der Waals surface area (Å²) in [6.07, 6.45) is 0. The predicted molar refractivity (Wildman–Crippen MR) is 117 cm³/mol. The van der Waals surface area contributed by atoms with Crippen LogP contribution < -0.4 is 4.74 Å². The number of nitrogens with zero attached hydrogens (tertiary/aromatic N) is 3. The lowest BCUT2D eigenvalue weighted by molar-refractivity contribution is 0.0224. The third kappa shape index (κ3) is 2.84. The number of aromatic hydroxyl groups is 2. The number of hydrogen-bond acceptors (Lipinski definition) is 8. The highest BCUT2D eigenvalue weighted by Crippen LogP contribution is 2.57. The first kappa shape index (κ1) is 19.8. The summed E-state index contributed by atoms with van der Waals surface area (Å²) < 4.78 is 12.0. The molecule has 162 valence electrons. The quantitative estimate of drug-likeness (QED) is 0.373. The molecule has 2 aliphatic heterocycles. The molecule has 0 bridgehead atoms. The van der Waals surface area contributed by atoms with Crippen molar-refractivity contribution in [2.45, 2.75) is 5.60 Å². The van der Waals surface area contributed by atoms with Gasteiger partial charge < -0.3 is 19.7 Å². The van der Waals surface area contributed by atoms with Gasteiger partial charge in [-0.3, -0.25) is 0 Å². The predicted octanol–water partition coefficient (Wildman–Crippen LogP) is 4.82. The number of aromatic nitrogens is 3. The molecule has 1 spiro atoms. The number of fused-ring (bicyclic) bond motifs is 6. The highest BCUT2D eigenvalue weighted by Gasteiger charge is 2.53. The van der Waals surface area contributed by atoms with E-state index < -0.39 is 11.6 Å². The van der Waals surface area contributed by atoms with Crippen LogP contribution in [0.4, 0.5) is 0 Å². The Labute approximate surface area is 196 Å². The van der Waals surface area contributed by atoms with Gasteiger partial charge in [-0.15, -0.1) is 0 Å². The van der Waals surface area contributed by atoms with Crippen LogP contribution in [-0.2, 0) is 10.3 Å². The molecular weight excluding hydrogens is 469 g/mol. The normalized spacial score (nSPS) is 14.8. The van der Waals surface area contributed by atoms with Crippen molar-refractivity contribution in [3.63, 3.8) is 0 Å². The van der Waals surface area contributed by atoms with E-state index in [-0.39, 0.29) is 27.9 Å². The number of benzene rings is 3. The van der Waals surface area contributed by atoms with Crippen molar-refractivity contribution < 1.29 is 24.5 Å². The number of ether oxygens (including phenoxy) is 2. The van der Waals surface area contributed by atoms with Crippen molar-refractivity contribution in [2.24, 2.45) is 0 Å². The highest BCUT2D eigenvalue weighted by atomic mass is 35.5. The fourth-order valence-electron chi connectivity index (χ4n) is 4.30. The summed E-state index contributed by atoms with van der Waals surface area (Å²) in [7, 11) is 0. The molecule has 0 unspecified atom stereocenters. The van der Waals surface area contributed by atoms with Gasteiger partial charge in [-0.2, -0.15) is 15.0 Å². The molecule has 2 aliphatic rings. The van der Waals surface area contributed by atoms with Gasteiger partial charge in [0.2, 0.25) is 10.6 Å². The van der Waals surface area contributed by atoms with Crippen molar-refractivity contribution in [2.75, 3.05) is 0 Å². The van der Waals surface area contributed by atoms with Crippen molar-refractivity contribution >= 4 is 29.2 Å². The minimum atomic E-state index is -1.34. The smallest absolute Gasteiger partial charge is 0.340 e. The third-order valence-corrected chi connectivity index (χ3v) is 5.95. The fourth-order valence-corrected chi connectivity index (χ4v) is 4.66. The number of rotatable bonds is 1. The Kier molecular flexibility index (Phi) is 4.08. The van der Waals surface area contributed by atoms with Crippen molar-refractivity contribution in [3.05, 3.63) is 87.4 Å². The molecule has 4 aromatic rings. The SMILES string of the molecule is O=C1OC2(c3ccc(O)cc3Oc3cc(O)ccc32)c2ccc(-c3nc(Cl)nc(Cl)n3)cc21. The van der Waals surface area contributed by atoms with Crippen LogP contribution >= 0.6 is 23.2 Å². The monoisotopic (exact) mass is 479 g/mol. The van der Waals surface area contributed by atoms with Crippen LogP contribution in [0.3, 0.4) is 0 Å². The molecule has 33 heavy (non-hydrogen) atoms. The Hall–Kier alpha value is -3.88. The molecule has 1 aromatic heterocycles. The minimum absolute atomic E-state index is 0.0176. The van der Waals surface area contributed by atoms with E-state index in [1.807, 2.05) is 0 Å². The zero-order valence-electron chi connectivity index (χ0n) is 16.4. The number of carbonyl (C=O) groups is 1. The Morgan fingerprint density at radius 1 is 0.758 bits per heavy atom. The van der Waals surface area contributed by atoms with Crippen LogP contribution in [0.25, 0.3) is 11.4 Å². The molecule has 0 radical (unpaired) electrons. The van der Waals surface area contributed by atoms with Gasteiger partial charge in [0.1, 0.15) is 23.0 Å². The van der Waals surface area contributed by atoms with E-state index in [0.29, 0.717) is 39.3 Å². The molecule has 0 saturated heterocycles. The second kappa shape index (κ2) is 6.81. The maximum Gasteiger partial charge on any atom is 0.340 e. The van der Waals surface area contributed by atoms with E-state index in [4.69, 9.17) is 32.7 Å². The van der Waals surface area contributed by atoms with Gasteiger partial charge in [-0.25, -0.2) is 4.79 Å². The van der Waals surface area contributed by atoms with Gasteiger partial charge in [-0.05, 0) is 53.5 Å². The number of hydrogen-bond donors (Lipinski definition) is 2. The van der Waals surface area contributed by atoms with E-state index in [2.05, 4.69) is 15.0 Å². The standard InChI is InChI=1S/C23H11Cl2N3O5/c24-21-26-19(27-22(25)28-21)10-1-4-14-13(7-10)20(31)33-23(14)15-5-2-11(29)8-17(15)32-18-9-12(30)3-6-16(18)23/h1-9,29-30H. The largest absolute Gasteiger partial charge is 0.508 e. The van der Waals surface area contributed by atoms with Crippen LogP contribution in [-0.4, -0.2) is 31.1 Å². The Balaban J connectivity index is 1.61. The lowest BCUT2D eigenvalue weighted by Crippen LogP contribution is -2.32. The van der Waals surface area contributed by atoms with Gasteiger partial charge in [0.15, 0.2) is 11.4 Å². The number of esters is 1. The number of carbonyl (C=O) groups excluding carboxylic acids is 1. The number of phenolic OH excluding ortho intramolecular Hbond substituents is 2. The molecule has 0 aliphatic carbocycles.